The van der Waals surface area contributed by atoms with Gasteiger partial charge in [0.05, 0.1) is 6.54 Å². The van der Waals surface area contributed by atoms with Gasteiger partial charge in [-0.1, -0.05) is 0 Å². The van der Waals surface area contributed by atoms with Gasteiger partial charge in [-0.05, 0) is 19.8 Å². The molecule has 0 saturated carbocycles. The molecule has 1 atom stereocenters. The van der Waals surface area contributed by atoms with Crippen molar-refractivity contribution in [2.75, 3.05) is 13.1 Å². The molecule has 0 aromatic carbocycles. The fraction of sp³-hybridized carbons (Fsp3) is 0.857. The maximum absolute atomic E-state index is 11.0. The predicted octanol–water partition coefficient (Wildman–Crippen LogP) is -0.0440. The molecule has 1 aliphatic rings. The Morgan fingerprint density at radius 3 is 2.90 bits per heavy atom. The van der Waals surface area contributed by atoms with Crippen LogP contribution in [0, 0.1) is 0 Å². The largest absolute Gasteiger partial charge is 0.339 e. The summed E-state index contributed by atoms with van der Waals surface area (Å²) in [6, 6.07) is 0.413. The van der Waals surface area contributed by atoms with Crippen LogP contribution in [0.1, 0.15) is 19.8 Å². The fourth-order valence-electron chi connectivity index (χ4n) is 1.42. The van der Waals surface area contributed by atoms with E-state index in [1.54, 1.807) is 0 Å². The van der Waals surface area contributed by atoms with Gasteiger partial charge in [0.2, 0.25) is 5.91 Å². The number of hydrogen-bond donors (Lipinski definition) is 1. The van der Waals surface area contributed by atoms with E-state index in [0.29, 0.717) is 6.04 Å². The van der Waals surface area contributed by atoms with Crippen LogP contribution in [-0.4, -0.2) is 29.9 Å². The molecule has 10 heavy (non-hydrogen) atoms. The normalized spacial score (nSPS) is 25.4. The highest BCUT2D eigenvalue weighted by molar-refractivity contribution is 5.78. The summed E-state index contributed by atoms with van der Waals surface area (Å²) in [5.41, 5.74) is 5.22. The van der Waals surface area contributed by atoms with Crippen LogP contribution in [0.15, 0.2) is 0 Å². The second-order valence-electron chi connectivity index (χ2n) is 2.78. The maximum atomic E-state index is 11.0. The van der Waals surface area contributed by atoms with E-state index in [1.165, 1.54) is 0 Å². The van der Waals surface area contributed by atoms with Crippen molar-refractivity contribution in [2.24, 2.45) is 5.73 Å². The highest BCUT2D eigenvalue weighted by atomic mass is 16.2. The van der Waals surface area contributed by atoms with Gasteiger partial charge in [0.25, 0.3) is 0 Å². The molecule has 0 aromatic rings. The first-order valence-corrected chi connectivity index (χ1v) is 3.75. The van der Waals surface area contributed by atoms with E-state index in [1.807, 2.05) is 4.90 Å². The van der Waals surface area contributed by atoms with E-state index >= 15 is 0 Å². The van der Waals surface area contributed by atoms with Crippen molar-refractivity contribution < 1.29 is 4.79 Å². The van der Waals surface area contributed by atoms with Gasteiger partial charge in [-0.2, -0.15) is 0 Å². The quantitative estimate of drug-likeness (QED) is 0.558. The first-order chi connectivity index (χ1) is 4.75. The zero-order valence-electron chi connectivity index (χ0n) is 6.34. The van der Waals surface area contributed by atoms with Crippen molar-refractivity contribution in [1.29, 1.82) is 0 Å². The summed E-state index contributed by atoms with van der Waals surface area (Å²) in [5, 5.41) is 0. The summed E-state index contributed by atoms with van der Waals surface area (Å²) >= 11 is 0. The molecule has 0 bridgehead atoms. The molecule has 1 saturated heterocycles. The van der Waals surface area contributed by atoms with Crippen molar-refractivity contribution in [2.45, 2.75) is 25.8 Å². The molecular formula is C7H14N2O. The molecule has 1 rings (SSSR count). The second kappa shape index (κ2) is 3.01. The third-order valence-electron chi connectivity index (χ3n) is 2.05. The van der Waals surface area contributed by atoms with E-state index < -0.39 is 0 Å². The minimum Gasteiger partial charge on any atom is -0.339 e. The Morgan fingerprint density at radius 2 is 2.50 bits per heavy atom. The third kappa shape index (κ3) is 1.29. The van der Waals surface area contributed by atoms with E-state index in [9.17, 15) is 4.79 Å². The van der Waals surface area contributed by atoms with Gasteiger partial charge in [0, 0.05) is 12.6 Å². The summed E-state index contributed by atoms with van der Waals surface area (Å²) in [6.07, 6.45) is 2.26. The fourth-order valence-corrected chi connectivity index (χ4v) is 1.42. The van der Waals surface area contributed by atoms with E-state index in [2.05, 4.69) is 6.92 Å². The van der Waals surface area contributed by atoms with Crippen LogP contribution in [0.4, 0.5) is 0 Å². The molecule has 1 amide bonds. The van der Waals surface area contributed by atoms with Crippen LogP contribution in [0.5, 0.6) is 0 Å². The number of carbonyl (C=O) groups is 1. The smallest absolute Gasteiger partial charge is 0.236 e. The molecule has 0 aliphatic carbocycles. The first kappa shape index (κ1) is 7.54. The number of rotatable bonds is 1. The highest BCUT2D eigenvalue weighted by Crippen LogP contribution is 2.15. The Labute approximate surface area is 61.2 Å². The molecular weight excluding hydrogens is 128 g/mol. The van der Waals surface area contributed by atoms with Crippen LogP contribution in [-0.2, 0) is 4.79 Å². The van der Waals surface area contributed by atoms with Crippen molar-refractivity contribution >= 4 is 5.91 Å². The second-order valence-corrected chi connectivity index (χ2v) is 2.78. The van der Waals surface area contributed by atoms with Crippen LogP contribution >= 0.6 is 0 Å². The van der Waals surface area contributed by atoms with Gasteiger partial charge in [-0.25, -0.2) is 0 Å². The lowest BCUT2D eigenvalue weighted by Crippen LogP contribution is -2.37. The van der Waals surface area contributed by atoms with Crippen molar-refractivity contribution in [3.63, 3.8) is 0 Å². The predicted molar refractivity (Wildman–Crippen MR) is 39.5 cm³/mol. The Hall–Kier alpha value is -0.570. The van der Waals surface area contributed by atoms with Crippen LogP contribution in [0.3, 0.4) is 0 Å². The molecule has 3 heteroatoms. The maximum Gasteiger partial charge on any atom is 0.236 e. The van der Waals surface area contributed by atoms with Gasteiger partial charge in [-0.3, -0.25) is 4.79 Å². The Kier molecular flexibility index (Phi) is 2.27. The average molecular weight is 142 g/mol. The standard InChI is InChI=1S/C7H14N2O/c1-6-3-2-4-9(6)7(10)5-8/h6H,2-5,8H2,1H3/t6-/m0/s1. The summed E-state index contributed by atoms with van der Waals surface area (Å²) in [4.78, 5) is 12.9. The molecule has 0 aromatic heterocycles. The number of likely N-dealkylation sites (tertiary alicyclic amines) is 1. The highest BCUT2D eigenvalue weighted by Gasteiger charge is 2.23. The summed E-state index contributed by atoms with van der Waals surface area (Å²) in [6.45, 7) is 3.13. The van der Waals surface area contributed by atoms with Gasteiger partial charge in [-0.15, -0.1) is 0 Å². The topological polar surface area (TPSA) is 46.3 Å². The van der Waals surface area contributed by atoms with Crippen molar-refractivity contribution in [3.8, 4) is 0 Å². The average Bonchev–Trinajstić information content (AvgIpc) is 2.34. The molecule has 1 fully saturated rings. The van der Waals surface area contributed by atoms with Crippen molar-refractivity contribution in [3.05, 3.63) is 0 Å². The molecule has 1 heterocycles. The summed E-state index contributed by atoms with van der Waals surface area (Å²) in [5.74, 6) is 0.0880. The zero-order chi connectivity index (χ0) is 7.56. The molecule has 0 spiro atoms. The van der Waals surface area contributed by atoms with Gasteiger partial charge in [0.1, 0.15) is 0 Å². The Bertz CT molecular complexity index is 136. The van der Waals surface area contributed by atoms with Crippen molar-refractivity contribution in [1.82, 2.24) is 4.90 Å². The van der Waals surface area contributed by atoms with Gasteiger partial charge < -0.3 is 10.6 Å². The number of carbonyl (C=O) groups excluding carboxylic acids is 1. The number of nitrogens with zero attached hydrogens (tertiary/aromatic N) is 1. The Morgan fingerprint density at radius 1 is 1.80 bits per heavy atom. The molecule has 2 N–H and O–H groups in total. The number of hydrogen-bond acceptors (Lipinski definition) is 2. The van der Waals surface area contributed by atoms with Crippen LogP contribution in [0.2, 0.25) is 0 Å². The van der Waals surface area contributed by atoms with E-state index in [4.69, 9.17) is 5.73 Å². The summed E-state index contributed by atoms with van der Waals surface area (Å²) < 4.78 is 0. The summed E-state index contributed by atoms with van der Waals surface area (Å²) in [7, 11) is 0. The van der Waals surface area contributed by atoms with E-state index in [0.717, 1.165) is 19.4 Å². The lowest BCUT2D eigenvalue weighted by molar-refractivity contribution is -0.130. The zero-order valence-corrected chi connectivity index (χ0v) is 6.34. The van der Waals surface area contributed by atoms with Gasteiger partial charge in [0.15, 0.2) is 0 Å². The molecule has 0 radical (unpaired) electrons. The third-order valence-corrected chi connectivity index (χ3v) is 2.05. The monoisotopic (exact) mass is 142 g/mol. The van der Waals surface area contributed by atoms with Crippen LogP contribution in [0.25, 0.3) is 0 Å². The SMILES string of the molecule is C[C@H]1CCCN1C(=O)CN. The minimum atomic E-state index is 0.0880. The first-order valence-electron chi connectivity index (χ1n) is 3.75. The van der Waals surface area contributed by atoms with Crippen LogP contribution < -0.4 is 5.73 Å². The molecule has 0 unspecified atom stereocenters. The van der Waals surface area contributed by atoms with Gasteiger partial charge >= 0.3 is 0 Å². The number of amides is 1. The molecule has 58 valence electrons. The minimum absolute atomic E-state index is 0.0880. The Balaban J connectivity index is 2.46. The number of nitrogens with two attached hydrogens (primary N) is 1. The molecule has 3 nitrogen and oxygen atoms in total. The van der Waals surface area contributed by atoms with E-state index in [-0.39, 0.29) is 12.5 Å². The lowest BCUT2D eigenvalue weighted by Gasteiger charge is -2.19. The molecule has 1 aliphatic heterocycles. The lowest BCUT2D eigenvalue weighted by atomic mass is 10.2.